The van der Waals surface area contributed by atoms with Crippen LogP contribution in [0, 0.1) is 0 Å². The lowest BCUT2D eigenvalue weighted by atomic mass is 10.2. The number of hydrogen-bond acceptors (Lipinski definition) is 6. The first-order valence-corrected chi connectivity index (χ1v) is 11.5. The molecule has 0 saturated carbocycles. The largest absolute Gasteiger partial charge is 0.573 e. The lowest BCUT2D eigenvalue weighted by Crippen LogP contribution is -2.29. The Morgan fingerprint density at radius 1 is 1.03 bits per heavy atom. The van der Waals surface area contributed by atoms with Gasteiger partial charge in [0.1, 0.15) is 16.6 Å². The molecule has 2 aromatic heterocycles. The zero-order chi connectivity index (χ0) is 25.3. The Balaban J connectivity index is 1.63. The van der Waals surface area contributed by atoms with Crippen LogP contribution in [0.5, 0.6) is 5.75 Å². The van der Waals surface area contributed by atoms with E-state index in [0.29, 0.717) is 34.4 Å². The first kappa shape index (κ1) is 25.8. The van der Waals surface area contributed by atoms with Crippen LogP contribution < -0.4 is 20.7 Å². The van der Waals surface area contributed by atoms with Gasteiger partial charge in [0, 0.05) is 30.4 Å². The Labute approximate surface area is 203 Å². The molecule has 2 heterocycles. The quantitative estimate of drug-likeness (QED) is 0.334. The van der Waals surface area contributed by atoms with Crippen LogP contribution in [0.25, 0.3) is 0 Å². The zero-order valence-electron chi connectivity index (χ0n) is 18.6. The zero-order valence-corrected chi connectivity index (χ0v) is 19.4. The second kappa shape index (κ2) is 12.1. The van der Waals surface area contributed by atoms with E-state index in [2.05, 4.69) is 30.7 Å². The Morgan fingerprint density at radius 2 is 1.80 bits per heavy atom. The monoisotopic (exact) mass is 505 g/mol. The summed E-state index contributed by atoms with van der Waals surface area (Å²) in [4.78, 5) is 33.0. The Hall–Kier alpha value is -3.80. The molecule has 3 aromatic rings. The highest BCUT2D eigenvalue weighted by atomic mass is 32.2. The number of thioether (sulfide) groups is 1. The molecule has 0 spiro atoms. The van der Waals surface area contributed by atoms with Crippen LogP contribution in [-0.4, -0.2) is 34.8 Å². The molecule has 0 unspecified atom stereocenters. The fraction of sp³-hybridized carbons (Fsp3) is 0.217. The van der Waals surface area contributed by atoms with Gasteiger partial charge >= 0.3 is 12.4 Å². The van der Waals surface area contributed by atoms with Crippen molar-refractivity contribution in [2.45, 2.75) is 30.5 Å². The topological polar surface area (TPSA) is 105 Å². The number of benzene rings is 1. The number of urea groups is 1. The third kappa shape index (κ3) is 8.49. The normalized spacial score (nSPS) is 11.0. The summed E-state index contributed by atoms with van der Waals surface area (Å²) in [5, 5.41) is 8.48. The highest BCUT2D eigenvalue weighted by molar-refractivity contribution is 7.98. The summed E-state index contributed by atoms with van der Waals surface area (Å²) in [6.45, 7) is 2.50. The van der Waals surface area contributed by atoms with Crippen molar-refractivity contribution >= 4 is 35.2 Å². The predicted octanol–water partition coefficient (Wildman–Crippen LogP) is 5.45. The van der Waals surface area contributed by atoms with E-state index < -0.39 is 12.3 Å². The van der Waals surface area contributed by atoms with Crippen LogP contribution in [0.1, 0.15) is 29.3 Å². The van der Waals surface area contributed by atoms with Crippen molar-refractivity contribution < 1.29 is 27.5 Å². The second-order valence-corrected chi connectivity index (χ2v) is 8.07. The number of alkyl halides is 3. The van der Waals surface area contributed by atoms with Gasteiger partial charge in [0.05, 0.1) is 5.56 Å². The van der Waals surface area contributed by atoms with Crippen molar-refractivity contribution in [1.29, 1.82) is 0 Å². The summed E-state index contributed by atoms with van der Waals surface area (Å²) in [7, 11) is 0. The number of amides is 3. The third-order valence-corrected chi connectivity index (χ3v) is 5.42. The molecule has 1 aromatic carbocycles. The van der Waals surface area contributed by atoms with Crippen LogP contribution in [-0.2, 0) is 5.75 Å². The number of carbonyl (C=O) groups excluding carboxylic acids is 2. The van der Waals surface area contributed by atoms with Gasteiger partial charge in [-0.05, 0) is 60.5 Å². The van der Waals surface area contributed by atoms with Crippen molar-refractivity contribution in [3.63, 3.8) is 0 Å². The fourth-order valence-electron chi connectivity index (χ4n) is 2.80. The summed E-state index contributed by atoms with van der Waals surface area (Å²) < 4.78 is 40.8. The molecule has 0 bridgehead atoms. The Bertz CT molecular complexity index is 1160. The first-order valence-electron chi connectivity index (χ1n) is 10.5. The molecule has 184 valence electrons. The highest BCUT2D eigenvalue weighted by Gasteiger charge is 2.31. The summed E-state index contributed by atoms with van der Waals surface area (Å²) in [5.74, 6) is -0.000235. The molecule has 0 saturated heterocycles. The van der Waals surface area contributed by atoms with Gasteiger partial charge < -0.3 is 15.4 Å². The molecule has 3 rings (SSSR count). The molecule has 0 fully saturated rings. The first-order chi connectivity index (χ1) is 16.7. The predicted molar refractivity (Wildman–Crippen MR) is 126 cm³/mol. The van der Waals surface area contributed by atoms with Crippen molar-refractivity contribution in [1.82, 2.24) is 15.3 Å². The maximum absolute atomic E-state index is 12.8. The number of anilines is 2. The second-order valence-electron chi connectivity index (χ2n) is 7.10. The number of halogens is 3. The van der Waals surface area contributed by atoms with Gasteiger partial charge in [0.2, 0.25) is 0 Å². The van der Waals surface area contributed by atoms with Gasteiger partial charge in [0.15, 0.2) is 0 Å². The Morgan fingerprint density at radius 3 is 2.51 bits per heavy atom. The molecule has 3 amide bonds. The van der Waals surface area contributed by atoms with Crippen LogP contribution >= 0.6 is 11.8 Å². The Kier molecular flexibility index (Phi) is 8.90. The van der Waals surface area contributed by atoms with Gasteiger partial charge in [-0.1, -0.05) is 6.92 Å². The average Bonchev–Trinajstić information content (AvgIpc) is 2.82. The minimum atomic E-state index is -4.79. The van der Waals surface area contributed by atoms with Gasteiger partial charge in [-0.15, -0.1) is 24.9 Å². The van der Waals surface area contributed by atoms with E-state index in [1.807, 2.05) is 6.92 Å². The number of carbonyl (C=O) groups is 2. The van der Waals surface area contributed by atoms with Crippen LogP contribution in [0.4, 0.5) is 29.5 Å². The summed E-state index contributed by atoms with van der Waals surface area (Å²) in [6, 6.07) is 11.2. The third-order valence-electron chi connectivity index (χ3n) is 4.34. The summed E-state index contributed by atoms with van der Waals surface area (Å²) >= 11 is 1.32. The van der Waals surface area contributed by atoms with Crippen molar-refractivity contribution in [2.24, 2.45) is 0 Å². The van der Waals surface area contributed by atoms with Crippen LogP contribution in [0.3, 0.4) is 0 Å². The van der Waals surface area contributed by atoms with E-state index in [1.165, 1.54) is 23.9 Å². The van der Waals surface area contributed by atoms with Crippen molar-refractivity contribution in [2.75, 3.05) is 17.2 Å². The number of ether oxygens (including phenoxy) is 1. The maximum Gasteiger partial charge on any atom is 0.573 e. The SMILES string of the molecule is CCCNC(=O)Nc1cc(CSc2ncccc2C(=O)Nc2ccc(OC(F)(F)F)cc2)ccn1. The number of rotatable bonds is 9. The minimum Gasteiger partial charge on any atom is -0.406 e. The molecule has 35 heavy (non-hydrogen) atoms. The molecule has 3 N–H and O–H groups in total. The van der Waals surface area contributed by atoms with E-state index in [-0.39, 0.29) is 11.8 Å². The minimum absolute atomic E-state index is 0.301. The van der Waals surface area contributed by atoms with Gasteiger partial charge in [-0.3, -0.25) is 10.1 Å². The lowest BCUT2D eigenvalue weighted by Gasteiger charge is -2.11. The molecule has 0 aliphatic rings. The molecular weight excluding hydrogens is 483 g/mol. The van der Waals surface area contributed by atoms with Crippen LogP contribution in [0.2, 0.25) is 0 Å². The number of nitrogens with zero attached hydrogens (tertiary/aromatic N) is 2. The fourth-order valence-corrected chi connectivity index (χ4v) is 3.73. The van der Waals surface area contributed by atoms with E-state index in [1.54, 1.807) is 36.7 Å². The van der Waals surface area contributed by atoms with Gasteiger partial charge in [-0.2, -0.15) is 0 Å². The molecule has 0 radical (unpaired) electrons. The molecule has 0 aliphatic heterocycles. The van der Waals surface area contributed by atoms with Crippen molar-refractivity contribution in [3.05, 3.63) is 72.1 Å². The molecule has 12 heteroatoms. The lowest BCUT2D eigenvalue weighted by molar-refractivity contribution is -0.274. The summed E-state index contributed by atoms with van der Waals surface area (Å²) in [6.07, 6.45) is -0.849. The highest BCUT2D eigenvalue weighted by Crippen LogP contribution is 2.27. The smallest absolute Gasteiger partial charge is 0.406 e. The van der Waals surface area contributed by atoms with Crippen LogP contribution in [0.15, 0.2) is 66.0 Å². The molecular formula is C23H22F3N5O3S. The molecule has 0 atom stereocenters. The number of pyridine rings is 2. The number of nitrogens with one attached hydrogen (secondary N) is 3. The standard InChI is InChI=1S/C23H22F3N5O3S/c1-2-10-29-22(33)31-19-13-15(9-12-27-19)14-35-21-18(4-3-11-28-21)20(32)30-16-5-7-17(8-6-16)34-23(24,25)26/h3-9,11-13H,2,10,14H2,1H3,(H,30,32)(H2,27,29,31,33). The molecule has 8 nitrogen and oxygen atoms in total. The van der Waals surface area contributed by atoms with E-state index >= 15 is 0 Å². The van der Waals surface area contributed by atoms with E-state index in [4.69, 9.17) is 0 Å². The molecule has 0 aliphatic carbocycles. The maximum atomic E-state index is 12.8. The van der Waals surface area contributed by atoms with Crippen molar-refractivity contribution in [3.8, 4) is 5.75 Å². The van der Waals surface area contributed by atoms with E-state index in [9.17, 15) is 22.8 Å². The van der Waals surface area contributed by atoms with E-state index in [0.717, 1.165) is 24.1 Å². The number of aromatic nitrogens is 2. The summed E-state index contributed by atoms with van der Waals surface area (Å²) in [5.41, 5.74) is 1.46. The average molecular weight is 506 g/mol. The van der Waals surface area contributed by atoms with Gasteiger partial charge in [0.25, 0.3) is 5.91 Å². The number of hydrogen-bond donors (Lipinski definition) is 3. The van der Waals surface area contributed by atoms with Gasteiger partial charge in [-0.25, -0.2) is 14.8 Å².